The highest BCUT2D eigenvalue weighted by molar-refractivity contribution is 6.34. The Labute approximate surface area is 188 Å². The Bertz CT molecular complexity index is 1410. The van der Waals surface area contributed by atoms with Crippen molar-refractivity contribution in [3.63, 3.8) is 0 Å². The number of nitrogens with one attached hydrogen (secondary N) is 1. The number of aryl methyl sites for hydroxylation is 1. The molecule has 7 nitrogen and oxygen atoms in total. The third-order valence-corrected chi connectivity index (χ3v) is 5.52. The minimum atomic E-state index is -0.337. The topological polar surface area (TPSA) is 82.5 Å². The molecule has 0 atom stereocenters. The standard InChI is InChI=1S/C24H18ClN3O4/c1-14-26-19-5-3-2-4-17(19)24(30)28(14)16-8-6-15(7-9-16)23(29)27-20-13-22-21(12-18(20)25)31-10-11-32-22/h2-9,12-13H,10-11H2,1H3,(H,27,29). The van der Waals surface area contributed by atoms with E-state index >= 15 is 0 Å². The van der Waals surface area contributed by atoms with E-state index in [2.05, 4.69) is 10.3 Å². The summed E-state index contributed by atoms with van der Waals surface area (Å²) < 4.78 is 12.6. The van der Waals surface area contributed by atoms with Crippen molar-refractivity contribution in [3.8, 4) is 17.2 Å². The number of hydrogen-bond acceptors (Lipinski definition) is 5. The smallest absolute Gasteiger partial charge is 0.265 e. The Morgan fingerprint density at radius 2 is 1.72 bits per heavy atom. The van der Waals surface area contributed by atoms with Crippen molar-refractivity contribution in [1.82, 2.24) is 9.55 Å². The Morgan fingerprint density at radius 1 is 1.03 bits per heavy atom. The predicted molar refractivity (Wildman–Crippen MR) is 122 cm³/mol. The maximum Gasteiger partial charge on any atom is 0.265 e. The summed E-state index contributed by atoms with van der Waals surface area (Å²) in [5, 5.41) is 3.68. The largest absolute Gasteiger partial charge is 0.486 e. The zero-order valence-electron chi connectivity index (χ0n) is 17.1. The van der Waals surface area contributed by atoms with Crippen molar-refractivity contribution < 1.29 is 14.3 Å². The number of ether oxygens (including phenoxy) is 2. The number of fused-ring (bicyclic) bond motifs is 2. The van der Waals surface area contributed by atoms with Gasteiger partial charge in [0.25, 0.3) is 11.5 Å². The van der Waals surface area contributed by atoms with Crippen LogP contribution in [0.15, 0.2) is 65.5 Å². The zero-order chi connectivity index (χ0) is 22.2. The lowest BCUT2D eigenvalue weighted by molar-refractivity contribution is 0.102. The first-order valence-corrected chi connectivity index (χ1v) is 10.4. The minimum Gasteiger partial charge on any atom is -0.486 e. The molecule has 3 aromatic carbocycles. The van der Waals surface area contributed by atoms with Gasteiger partial charge in [-0.1, -0.05) is 23.7 Å². The molecule has 1 aliphatic heterocycles. The minimum absolute atomic E-state index is 0.159. The van der Waals surface area contributed by atoms with Crippen molar-refractivity contribution in [2.75, 3.05) is 18.5 Å². The van der Waals surface area contributed by atoms with Gasteiger partial charge in [-0.15, -0.1) is 0 Å². The van der Waals surface area contributed by atoms with Gasteiger partial charge in [-0.25, -0.2) is 4.98 Å². The van der Waals surface area contributed by atoms with Crippen LogP contribution >= 0.6 is 11.6 Å². The third kappa shape index (κ3) is 3.56. The lowest BCUT2D eigenvalue weighted by Gasteiger charge is -2.20. The molecule has 160 valence electrons. The molecule has 0 spiro atoms. The van der Waals surface area contributed by atoms with E-state index in [4.69, 9.17) is 21.1 Å². The molecule has 0 fully saturated rings. The number of carbonyl (C=O) groups is 1. The normalized spacial score (nSPS) is 12.6. The van der Waals surface area contributed by atoms with E-state index in [9.17, 15) is 9.59 Å². The Kier molecular flexibility index (Phi) is 5.03. The molecule has 0 bridgehead atoms. The van der Waals surface area contributed by atoms with Gasteiger partial charge in [0, 0.05) is 17.7 Å². The Balaban J connectivity index is 1.43. The summed E-state index contributed by atoms with van der Waals surface area (Å²) in [7, 11) is 0. The number of para-hydroxylation sites is 1. The third-order valence-electron chi connectivity index (χ3n) is 5.21. The highest BCUT2D eigenvalue weighted by Gasteiger charge is 2.17. The van der Waals surface area contributed by atoms with Gasteiger partial charge in [-0.05, 0) is 43.3 Å². The number of amides is 1. The van der Waals surface area contributed by atoms with Gasteiger partial charge in [0.15, 0.2) is 11.5 Å². The first kappa shape index (κ1) is 20.1. The Hall–Kier alpha value is -3.84. The fraction of sp³-hybridized carbons (Fsp3) is 0.125. The predicted octanol–water partition coefficient (Wildman–Crippen LogP) is 4.37. The second kappa shape index (κ2) is 8.01. The van der Waals surface area contributed by atoms with E-state index in [1.54, 1.807) is 49.4 Å². The number of halogens is 1. The van der Waals surface area contributed by atoms with E-state index in [0.29, 0.717) is 63.4 Å². The van der Waals surface area contributed by atoms with E-state index in [1.807, 2.05) is 18.2 Å². The molecule has 0 unspecified atom stereocenters. The fourth-order valence-corrected chi connectivity index (χ4v) is 3.86. The maximum absolute atomic E-state index is 13.0. The van der Waals surface area contributed by atoms with Crippen LogP contribution in [0.25, 0.3) is 16.6 Å². The number of benzene rings is 3. The number of nitrogens with zero attached hydrogens (tertiary/aromatic N) is 2. The van der Waals surface area contributed by atoms with Crippen molar-refractivity contribution in [2.24, 2.45) is 0 Å². The first-order chi connectivity index (χ1) is 15.5. The molecule has 0 radical (unpaired) electrons. The van der Waals surface area contributed by atoms with E-state index in [1.165, 1.54) is 4.57 Å². The maximum atomic E-state index is 13.0. The molecule has 5 rings (SSSR count). The molecule has 1 N–H and O–H groups in total. The SMILES string of the molecule is Cc1nc2ccccc2c(=O)n1-c1ccc(C(=O)Nc2cc3c(cc2Cl)OCCO3)cc1. The van der Waals surface area contributed by atoms with Crippen LogP contribution in [0.5, 0.6) is 11.5 Å². The van der Waals surface area contributed by atoms with Crippen LogP contribution in [0.4, 0.5) is 5.69 Å². The fourth-order valence-electron chi connectivity index (χ4n) is 3.66. The highest BCUT2D eigenvalue weighted by atomic mass is 35.5. The molecule has 1 amide bonds. The van der Waals surface area contributed by atoms with Crippen LogP contribution in [0, 0.1) is 6.92 Å². The number of hydrogen-bond donors (Lipinski definition) is 1. The zero-order valence-corrected chi connectivity index (χ0v) is 17.8. The molecular weight excluding hydrogens is 430 g/mol. The average molecular weight is 448 g/mol. The van der Waals surface area contributed by atoms with Crippen molar-refractivity contribution in [1.29, 1.82) is 0 Å². The summed E-state index contributed by atoms with van der Waals surface area (Å²) in [4.78, 5) is 30.3. The summed E-state index contributed by atoms with van der Waals surface area (Å²) in [5.41, 5.74) is 1.96. The van der Waals surface area contributed by atoms with Gasteiger partial charge in [0.05, 0.1) is 27.3 Å². The number of carbonyl (C=O) groups excluding carboxylic acids is 1. The quantitative estimate of drug-likeness (QED) is 0.504. The molecule has 1 aromatic heterocycles. The summed E-state index contributed by atoms with van der Waals surface area (Å²) >= 11 is 6.29. The van der Waals surface area contributed by atoms with Gasteiger partial charge < -0.3 is 14.8 Å². The van der Waals surface area contributed by atoms with Crippen LogP contribution in [0.2, 0.25) is 5.02 Å². The molecule has 1 aliphatic rings. The molecule has 32 heavy (non-hydrogen) atoms. The second-order valence-electron chi connectivity index (χ2n) is 7.29. The molecule has 8 heteroatoms. The van der Waals surface area contributed by atoms with Gasteiger partial charge in [0.2, 0.25) is 0 Å². The second-order valence-corrected chi connectivity index (χ2v) is 7.70. The van der Waals surface area contributed by atoms with Crippen molar-refractivity contribution in [3.05, 3.63) is 87.4 Å². The number of anilines is 1. The van der Waals surface area contributed by atoms with Crippen molar-refractivity contribution >= 4 is 34.1 Å². The van der Waals surface area contributed by atoms with Crippen LogP contribution in [-0.2, 0) is 0 Å². The van der Waals surface area contributed by atoms with Crippen LogP contribution in [0.1, 0.15) is 16.2 Å². The highest BCUT2D eigenvalue weighted by Crippen LogP contribution is 2.38. The molecule has 0 saturated heterocycles. The summed E-state index contributed by atoms with van der Waals surface area (Å²) in [6.45, 7) is 2.67. The molecule has 4 aromatic rings. The van der Waals surface area contributed by atoms with Crippen LogP contribution < -0.4 is 20.3 Å². The summed E-state index contributed by atoms with van der Waals surface area (Å²) in [5.74, 6) is 1.31. The van der Waals surface area contributed by atoms with Crippen molar-refractivity contribution in [2.45, 2.75) is 6.92 Å². The lowest BCUT2D eigenvalue weighted by Crippen LogP contribution is -2.22. The molecular formula is C24H18ClN3O4. The number of aromatic nitrogens is 2. The van der Waals surface area contributed by atoms with Gasteiger partial charge in [-0.3, -0.25) is 14.2 Å². The van der Waals surface area contributed by atoms with Gasteiger partial charge in [-0.2, -0.15) is 0 Å². The van der Waals surface area contributed by atoms with E-state index < -0.39 is 0 Å². The lowest BCUT2D eigenvalue weighted by atomic mass is 10.1. The molecule has 2 heterocycles. The summed E-state index contributed by atoms with van der Waals surface area (Å²) in [6, 6.07) is 17.2. The summed E-state index contributed by atoms with van der Waals surface area (Å²) in [6.07, 6.45) is 0. The first-order valence-electron chi connectivity index (χ1n) is 10.0. The van der Waals surface area contributed by atoms with E-state index in [-0.39, 0.29) is 11.5 Å². The molecule has 0 saturated carbocycles. The van der Waals surface area contributed by atoms with Gasteiger partial charge in [0.1, 0.15) is 19.0 Å². The van der Waals surface area contributed by atoms with Crippen LogP contribution in [-0.4, -0.2) is 28.7 Å². The average Bonchev–Trinajstić information content (AvgIpc) is 2.80. The molecule has 0 aliphatic carbocycles. The monoisotopic (exact) mass is 447 g/mol. The van der Waals surface area contributed by atoms with Gasteiger partial charge >= 0.3 is 0 Å². The van der Waals surface area contributed by atoms with Crippen LogP contribution in [0.3, 0.4) is 0 Å². The Morgan fingerprint density at radius 3 is 2.47 bits per heavy atom. The van der Waals surface area contributed by atoms with E-state index in [0.717, 1.165) is 0 Å². The number of rotatable bonds is 3.